The van der Waals surface area contributed by atoms with Crippen LogP contribution >= 0.6 is 11.8 Å². The van der Waals surface area contributed by atoms with E-state index in [1.165, 1.54) is 36.6 Å². The molecule has 1 heterocycles. The van der Waals surface area contributed by atoms with Crippen molar-refractivity contribution in [2.24, 2.45) is 10.2 Å². The van der Waals surface area contributed by atoms with Crippen molar-refractivity contribution in [1.82, 2.24) is 5.32 Å². The van der Waals surface area contributed by atoms with Gasteiger partial charge < -0.3 is 5.32 Å². The third-order valence-electron chi connectivity index (χ3n) is 3.45. The predicted octanol–water partition coefficient (Wildman–Crippen LogP) is 2.51. The van der Waals surface area contributed by atoms with Gasteiger partial charge in [-0.1, -0.05) is 42.4 Å². The Balaban J connectivity index is 1.61. The molecule has 1 N–H and O–H groups in total. The lowest BCUT2D eigenvalue weighted by Gasteiger charge is -2.25. The summed E-state index contributed by atoms with van der Waals surface area (Å²) in [6.45, 7) is 0. The molecule has 2 aliphatic rings. The summed E-state index contributed by atoms with van der Waals surface area (Å²) in [6, 6.07) is 8.48. The third kappa shape index (κ3) is 3.04. The van der Waals surface area contributed by atoms with Crippen LogP contribution in [0.3, 0.4) is 0 Å². The lowest BCUT2D eigenvalue weighted by atomic mass is 9.80. The maximum absolute atomic E-state index is 11.0. The lowest BCUT2D eigenvalue weighted by molar-refractivity contribution is -0.116. The highest BCUT2D eigenvalue weighted by atomic mass is 32.2. The first-order valence-electron chi connectivity index (χ1n) is 6.45. The van der Waals surface area contributed by atoms with E-state index in [2.05, 4.69) is 39.8 Å². The van der Waals surface area contributed by atoms with Crippen LogP contribution in [0.1, 0.15) is 36.3 Å². The van der Waals surface area contributed by atoms with Crippen LogP contribution in [0.5, 0.6) is 0 Å². The van der Waals surface area contributed by atoms with Crippen molar-refractivity contribution in [3.8, 4) is 0 Å². The normalized spacial score (nSPS) is 21.9. The van der Waals surface area contributed by atoms with Crippen molar-refractivity contribution in [2.45, 2.75) is 25.2 Å². The Morgan fingerprint density at radius 3 is 2.63 bits per heavy atom. The number of nitrogens with zero attached hydrogens (tertiary/aromatic N) is 2. The number of amides is 1. The molecule has 0 aromatic heterocycles. The Kier molecular flexibility index (Phi) is 3.64. The molecule has 98 valence electrons. The molecular weight excluding hydrogens is 258 g/mol. The SMILES string of the molecule is O=C1CSC(=NN=Cc2ccc(C3CCC3)cc2)N1. The molecule has 1 saturated carbocycles. The molecule has 1 aliphatic heterocycles. The van der Waals surface area contributed by atoms with Crippen molar-refractivity contribution in [2.75, 3.05) is 5.75 Å². The Hall–Kier alpha value is -1.62. The average Bonchev–Trinajstić information content (AvgIpc) is 2.75. The molecule has 5 heteroatoms. The molecule has 0 unspecified atom stereocenters. The van der Waals surface area contributed by atoms with E-state index in [9.17, 15) is 4.79 Å². The largest absolute Gasteiger partial charge is 0.303 e. The highest BCUT2D eigenvalue weighted by molar-refractivity contribution is 8.15. The van der Waals surface area contributed by atoms with E-state index in [1.807, 2.05) is 0 Å². The number of hydrogen-bond acceptors (Lipinski definition) is 4. The van der Waals surface area contributed by atoms with Gasteiger partial charge in [0.15, 0.2) is 5.17 Å². The van der Waals surface area contributed by atoms with E-state index in [4.69, 9.17) is 0 Å². The summed E-state index contributed by atoms with van der Waals surface area (Å²) >= 11 is 1.38. The number of nitrogens with one attached hydrogen (secondary N) is 1. The van der Waals surface area contributed by atoms with Gasteiger partial charge in [0.2, 0.25) is 5.91 Å². The fourth-order valence-corrected chi connectivity index (χ4v) is 2.75. The molecule has 1 amide bonds. The zero-order valence-corrected chi connectivity index (χ0v) is 11.3. The number of carbonyl (C=O) groups is 1. The quantitative estimate of drug-likeness (QED) is 0.679. The Morgan fingerprint density at radius 1 is 1.26 bits per heavy atom. The van der Waals surface area contributed by atoms with E-state index in [-0.39, 0.29) is 5.91 Å². The smallest absolute Gasteiger partial charge is 0.236 e. The second kappa shape index (κ2) is 5.57. The van der Waals surface area contributed by atoms with Gasteiger partial charge in [0.05, 0.1) is 12.0 Å². The Bertz CT molecular complexity index is 532. The van der Waals surface area contributed by atoms with E-state index in [1.54, 1.807) is 6.21 Å². The second-order valence-electron chi connectivity index (χ2n) is 4.78. The van der Waals surface area contributed by atoms with Gasteiger partial charge in [-0.15, -0.1) is 5.10 Å². The monoisotopic (exact) mass is 273 g/mol. The molecule has 1 aliphatic carbocycles. The molecular formula is C14H15N3OS. The van der Waals surface area contributed by atoms with Crippen molar-refractivity contribution in [3.05, 3.63) is 35.4 Å². The van der Waals surface area contributed by atoms with E-state index in [0.717, 1.165) is 11.5 Å². The summed E-state index contributed by atoms with van der Waals surface area (Å²) in [5.74, 6) is 1.19. The number of thioether (sulfide) groups is 1. The van der Waals surface area contributed by atoms with Crippen LogP contribution in [-0.4, -0.2) is 23.0 Å². The van der Waals surface area contributed by atoms with Crippen LogP contribution in [0.2, 0.25) is 0 Å². The molecule has 1 aromatic rings. The van der Waals surface area contributed by atoms with Gasteiger partial charge in [-0.05, 0) is 29.9 Å². The lowest BCUT2D eigenvalue weighted by Crippen LogP contribution is -2.19. The Labute approximate surface area is 116 Å². The molecule has 0 radical (unpaired) electrons. The van der Waals surface area contributed by atoms with Gasteiger partial charge in [0.25, 0.3) is 0 Å². The van der Waals surface area contributed by atoms with Crippen molar-refractivity contribution in [1.29, 1.82) is 0 Å². The van der Waals surface area contributed by atoms with Gasteiger partial charge >= 0.3 is 0 Å². The summed E-state index contributed by atoms with van der Waals surface area (Å²) < 4.78 is 0. The number of benzene rings is 1. The van der Waals surface area contributed by atoms with Gasteiger partial charge in [-0.25, -0.2) is 0 Å². The number of hydrogen-bond donors (Lipinski definition) is 1. The maximum Gasteiger partial charge on any atom is 0.236 e. The van der Waals surface area contributed by atoms with Crippen LogP contribution in [0.15, 0.2) is 34.5 Å². The summed E-state index contributed by atoms with van der Waals surface area (Å²) in [5, 5.41) is 11.2. The third-order valence-corrected chi connectivity index (χ3v) is 4.32. The summed E-state index contributed by atoms with van der Waals surface area (Å²) in [6.07, 6.45) is 5.70. The molecule has 1 aromatic carbocycles. The summed E-state index contributed by atoms with van der Waals surface area (Å²) in [5.41, 5.74) is 2.45. The molecule has 0 spiro atoms. The van der Waals surface area contributed by atoms with Crippen molar-refractivity contribution < 1.29 is 4.79 Å². The first kappa shape index (κ1) is 12.4. The topological polar surface area (TPSA) is 53.8 Å². The number of amidine groups is 1. The standard InChI is InChI=1S/C14H15N3OS/c18-13-9-19-14(16-13)17-15-8-10-4-6-12(7-5-10)11-2-1-3-11/h4-8,11H,1-3,9H2,(H,16,17,18). The fraction of sp³-hybridized carbons (Fsp3) is 0.357. The van der Waals surface area contributed by atoms with Crippen LogP contribution in [0.25, 0.3) is 0 Å². The van der Waals surface area contributed by atoms with E-state index < -0.39 is 0 Å². The zero-order valence-electron chi connectivity index (χ0n) is 10.5. The van der Waals surface area contributed by atoms with Gasteiger partial charge in [-0.2, -0.15) is 5.10 Å². The van der Waals surface area contributed by atoms with Crippen molar-refractivity contribution >= 4 is 29.1 Å². The predicted molar refractivity (Wildman–Crippen MR) is 78.7 cm³/mol. The van der Waals surface area contributed by atoms with Crippen LogP contribution in [0.4, 0.5) is 0 Å². The average molecular weight is 273 g/mol. The minimum atomic E-state index is -0.0104. The summed E-state index contributed by atoms with van der Waals surface area (Å²) in [4.78, 5) is 11.0. The fourth-order valence-electron chi connectivity index (χ4n) is 2.12. The maximum atomic E-state index is 11.0. The first-order valence-corrected chi connectivity index (χ1v) is 7.43. The minimum Gasteiger partial charge on any atom is -0.303 e. The first-order chi connectivity index (χ1) is 9.31. The van der Waals surface area contributed by atoms with Gasteiger partial charge in [-0.3, -0.25) is 4.79 Å². The van der Waals surface area contributed by atoms with E-state index in [0.29, 0.717) is 10.9 Å². The van der Waals surface area contributed by atoms with Crippen molar-refractivity contribution in [3.63, 3.8) is 0 Å². The van der Waals surface area contributed by atoms with Crippen LogP contribution < -0.4 is 5.32 Å². The van der Waals surface area contributed by atoms with Crippen LogP contribution in [0, 0.1) is 0 Å². The molecule has 2 fully saturated rings. The number of carbonyl (C=O) groups excluding carboxylic acids is 1. The summed E-state index contributed by atoms with van der Waals surface area (Å²) in [7, 11) is 0. The van der Waals surface area contributed by atoms with Gasteiger partial charge in [0, 0.05) is 0 Å². The van der Waals surface area contributed by atoms with Crippen LogP contribution in [-0.2, 0) is 4.79 Å². The highest BCUT2D eigenvalue weighted by Gasteiger charge is 2.18. The minimum absolute atomic E-state index is 0.0104. The molecule has 3 rings (SSSR count). The molecule has 19 heavy (non-hydrogen) atoms. The highest BCUT2D eigenvalue weighted by Crippen LogP contribution is 2.36. The molecule has 1 saturated heterocycles. The molecule has 0 atom stereocenters. The molecule has 4 nitrogen and oxygen atoms in total. The van der Waals surface area contributed by atoms with E-state index >= 15 is 0 Å². The molecule has 0 bridgehead atoms. The Morgan fingerprint density at radius 2 is 2.05 bits per heavy atom. The number of rotatable bonds is 3. The second-order valence-corrected chi connectivity index (χ2v) is 5.75. The van der Waals surface area contributed by atoms with Gasteiger partial charge in [0.1, 0.15) is 0 Å². The zero-order chi connectivity index (χ0) is 13.1.